The van der Waals surface area contributed by atoms with E-state index < -0.39 is 0 Å². The molecule has 22 heavy (non-hydrogen) atoms. The van der Waals surface area contributed by atoms with Gasteiger partial charge < -0.3 is 16.0 Å². The molecule has 3 rings (SSSR count). The van der Waals surface area contributed by atoms with E-state index in [0.717, 1.165) is 17.9 Å². The van der Waals surface area contributed by atoms with Crippen LogP contribution in [0.3, 0.4) is 0 Å². The Morgan fingerprint density at radius 2 is 1.36 bits per heavy atom. The fraction of sp³-hybridized carbons (Fsp3) is 0.368. The van der Waals surface area contributed by atoms with Crippen LogP contribution >= 0.6 is 0 Å². The fourth-order valence-electron chi connectivity index (χ4n) is 3.01. The highest BCUT2D eigenvalue weighted by atomic mass is 15.2. The predicted octanol–water partition coefficient (Wildman–Crippen LogP) is 4.07. The molecule has 0 amide bonds. The molecule has 1 aliphatic rings. The van der Waals surface area contributed by atoms with Gasteiger partial charge in [-0.05, 0) is 43.7 Å². The Kier molecular flexibility index (Phi) is 5.32. The normalized spacial score (nSPS) is 18.7. The van der Waals surface area contributed by atoms with Gasteiger partial charge in [0.25, 0.3) is 0 Å². The summed E-state index contributed by atoms with van der Waals surface area (Å²) in [5.41, 5.74) is 2.31. The van der Waals surface area contributed by atoms with Crippen molar-refractivity contribution < 1.29 is 0 Å². The van der Waals surface area contributed by atoms with E-state index >= 15 is 0 Å². The lowest BCUT2D eigenvalue weighted by Gasteiger charge is -2.30. The van der Waals surface area contributed by atoms with E-state index in [1.807, 2.05) is 0 Å². The molecule has 0 aromatic heterocycles. The minimum Gasteiger partial charge on any atom is -0.364 e. The lowest BCUT2D eigenvalue weighted by molar-refractivity contribution is 0.468. The molecule has 0 radical (unpaired) electrons. The maximum Gasteiger partial charge on any atom is 0.112 e. The second kappa shape index (κ2) is 7.85. The van der Waals surface area contributed by atoms with Crippen molar-refractivity contribution in [3.05, 3.63) is 60.7 Å². The summed E-state index contributed by atoms with van der Waals surface area (Å²) in [5.74, 6) is 0. The first kappa shape index (κ1) is 14.9. The summed E-state index contributed by atoms with van der Waals surface area (Å²) in [7, 11) is 0. The van der Waals surface area contributed by atoms with Crippen LogP contribution in [0.15, 0.2) is 60.7 Å². The molecular weight excluding hydrogens is 270 g/mol. The Labute approximate surface area is 133 Å². The Morgan fingerprint density at radius 1 is 0.773 bits per heavy atom. The van der Waals surface area contributed by atoms with Crippen LogP contribution < -0.4 is 16.0 Å². The van der Waals surface area contributed by atoms with E-state index in [1.165, 1.54) is 25.7 Å². The third-order valence-electron chi connectivity index (χ3n) is 4.19. The second-order valence-corrected chi connectivity index (χ2v) is 5.91. The van der Waals surface area contributed by atoms with Gasteiger partial charge in [-0.3, -0.25) is 0 Å². The lowest BCUT2D eigenvalue weighted by atomic mass is 10.1. The first-order chi connectivity index (χ1) is 10.9. The van der Waals surface area contributed by atoms with Gasteiger partial charge in [0, 0.05) is 17.4 Å². The van der Waals surface area contributed by atoms with Crippen LogP contribution in [0.4, 0.5) is 11.4 Å². The molecule has 1 aliphatic heterocycles. The topological polar surface area (TPSA) is 36.1 Å². The Morgan fingerprint density at radius 3 is 1.95 bits per heavy atom. The molecule has 1 atom stereocenters. The van der Waals surface area contributed by atoms with Crippen LogP contribution in [0.1, 0.15) is 25.7 Å². The van der Waals surface area contributed by atoms with Crippen molar-refractivity contribution in [3.8, 4) is 0 Å². The predicted molar refractivity (Wildman–Crippen MR) is 94.2 cm³/mol. The maximum atomic E-state index is 3.70. The quantitative estimate of drug-likeness (QED) is 0.728. The number of para-hydroxylation sites is 2. The standard InChI is InChI=1S/C19H25N3/c1-4-10-16(11-5-1)21-19(18-14-8-3-9-15-20-18)22-17-12-6-2-7-13-17/h1-2,4-7,10-13,18-22H,3,8-9,14-15H2. The number of hydrogen-bond donors (Lipinski definition) is 3. The van der Waals surface area contributed by atoms with E-state index in [1.54, 1.807) is 0 Å². The number of benzene rings is 2. The molecule has 0 spiro atoms. The Bertz CT molecular complexity index is 492. The maximum absolute atomic E-state index is 3.70. The third kappa shape index (κ3) is 4.25. The Hall–Kier alpha value is -2.00. The van der Waals surface area contributed by atoms with Crippen molar-refractivity contribution in [1.29, 1.82) is 0 Å². The number of anilines is 2. The molecule has 3 nitrogen and oxygen atoms in total. The van der Waals surface area contributed by atoms with Gasteiger partial charge in [-0.15, -0.1) is 0 Å². The second-order valence-electron chi connectivity index (χ2n) is 5.91. The minimum absolute atomic E-state index is 0.183. The summed E-state index contributed by atoms with van der Waals surface area (Å²) < 4.78 is 0. The van der Waals surface area contributed by atoms with E-state index in [-0.39, 0.29) is 6.17 Å². The summed E-state index contributed by atoms with van der Waals surface area (Å²) in [6.07, 6.45) is 5.28. The first-order valence-corrected chi connectivity index (χ1v) is 8.28. The highest BCUT2D eigenvalue weighted by Gasteiger charge is 2.22. The van der Waals surface area contributed by atoms with Crippen molar-refractivity contribution in [2.24, 2.45) is 0 Å². The van der Waals surface area contributed by atoms with Crippen LogP contribution in [0.5, 0.6) is 0 Å². The van der Waals surface area contributed by atoms with Gasteiger partial charge in [0.1, 0.15) is 6.17 Å². The SMILES string of the molecule is c1ccc(NC(Nc2ccccc2)C2CCCCCN2)cc1. The summed E-state index contributed by atoms with van der Waals surface area (Å²) in [4.78, 5) is 0. The van der Waals surface area contributed by atoms with Crippen LogP contribution in [-0.4, -0.2) is 18.8 Å². The molecule has 1 saturated heterocycles. The van der Waals surface area contributed by atoms with Crippen molar-refractivity contribution in [2.45, 2.75) is 37.9 Å². The number of hydrogen-bond acceptors (Lipinski definition) is 3. The summed E-state index contributed by atoms with van der Waals surface area (Å²) in [5, 5.41) is 11.0. The zero-order valence-electron chi connectivity index (χ0n) is 13.0. The summed E-state index contributed by atoms with van der Waals surface area (Å²) in [6, 6.07) is 21.3. The van der Waals surface area contributed by atoms with E-state index in [4.69, 9.17) is 0 Å². The van der Waals surface area contributed by atoms with Gasteiger partial charge >= 0.3 is 0 Å². The van der Waals surface area contributed by atoms with Gasteiger partial charge in [-0.25, -0.2) is 0 Å². The number of nitrogens with one attached hydrogen (secondary N) is 3. The molecule has 1 unspecified atom stereocenters. The Balaban J connectivity index is 1.74. The van der Waals surface area contributed by atoms with Gasteiger partial charge in [0.15, 0.2) is 0 Å². The van der Waals surface area contributed by atoms with E-state index in [0.29, 0.717) is 6.04 Å². The molecule has 0 aliphatic carbocycles. The number of rotatable bonds is 5. The van der Waals surface area contributed by atoms with Crippen molar-refractivity contribution in [2.75, 3.05) is 17.2 Å². The van der Waals surface area contributed by atoms with Crippen molar-refractivity contribution >= 4 is 11.4 Å². The average Bonchev–Trinajstić information content (AvgIpc) is 2.85. The molecule has 2 aromatic rings. The minimum atomic E-state index is 0.183. The molecular formula is C19H25N3. The third-order valence-corrected chi connectivity index (χ3v) is 4.19. The van der Waals surface area contributed by atoms with Crippen LogP contribution in [0, 0.1) is 0 Å². The largest absolute Gasteiger partial charge is 0.364 e. The molecule has 3 heteroatoms. The molecule has 1 fully saturated rings. The van der Waals surface area contributed by atoms with Crippen molar-refractivity contribution in [3.63, 3.8) is 0 Å². The average molecular weight is 295 g/mol. The molecule has 0 saturated carbocycles. The smallest absolute Gasteiger partial charge is 0.112 e. The van der Waals surface area contributed by atoms with Gasteiger partial charge in [-0.2, -0.15) is 0 Å². The van der Waals surface area contributed by atoms with Gasteiger partial charge in [0.05, 0.1) is 0 Å². The van der Waals surface area contributed by atoms with Crippen LogP contribution in [0.2, 0.25) is 0 Å². The zero-order chi connectivity index (χ0) is 15.0. The molecule has 116 valence electrons. The molecule has 3 N–H and O–H groups in total. The van der Waals surface area contributed by atoms with Gasteiger partial charge in [-0.1, -0.05) is 49.2 Å². The highest BCUT2D eigenvalue weighted by Crippen LogP contribution is 2.18. The zero-order valence-corrected chi connectivity index (χ0v) is 13.0. The van der Waals surface area contributed by atoms with Gasteiger partial charge in [0.2, 0.25) is 0 Å². The van der Waals surface area contributed by atoms with E-state index in [9.17, 15) is 0 Å². The summed E-state index contributed by atoms with van der Waals surface area (Å²) >= 11 is 0. The van der Waals surface area contributed by atoms with Crippen molar-refractivity contribution in [1.82, 2.24) is 5.32 Å². The molecule has 1 heterocycles. The lowest BCUT2D eigenvalue weighted by Crippen LogP contribution is -2.48. The molecule has 2 aromatic carbocycles. The highest BCUT2D eigenvalue weighted by molar-refractivity contribution is 5.49. The first-order valence-electron chi connectivity index (χ1n) is 8.28. The fourth-order valence-corrected chi connectivity index (χ4v) is 3.01. The van der Waals surface area contributed by atoms with E-state index in [2.05, 4.69) is 76.6 Å². The molecule has 0 bridgehead atoms. The van der Waals surface area contributed by atoms with Crippen LogP contribution in [-0.2, 0) is 0 Å². The monoisotopic (exact) mass is 295 g/mol. The summed E-state index contributed by atoms with van der Waals surface area (Å²) in [6.45, 7) is 1.11. The van der Waals surface area contributed by atoms with Crippen LogP contribution in [0.25, 0.3) is 0 Å².